The fourth-order valence-electron chi connectivity index (χ4n) is 2.57. The molecule has 1 aromatic carbocycles. The second kappa shape index (κ2) is 5.90. The van der Waals surface area contributed by atoms with Gasteiger partial charge in [-0.1, -0.05) is 18.2 Å². The molecule has 0 saturated carbocycles. The van der Waals surface area contributed by atoms with Crippen molar-refractivity contribution in [3.63, 3.8) is 0 Å². The minimum absolute atomic E-state index is 0.812. The van der Waals surface area contributed by atoms with Crippen LogP contribution in [0.25, 0.3) is 0 Å². The van der Waals surface area contributed by atoms with E-state index in [4.69, 9.17) is 0 Å². The van der Waals surface area contributed by atoms with Crippen LogP contribution in [0.3, 0.4) is 0 Å². The molecule has 2 aromatic rings. The lowest BCUT2D eigenvalue weighted by atomic mass is 10.1. The summed E-state index contributed by atoms with van der Waals surface area (Å²) in [5, 5.41) is 3.35. The molecule has 1 N–H and O–H groups in total. The summed E-state index contributed by atoms with van der Waals surface area (Å²) in [5.74, 6) is 2.71. The normalized spacial score (nSPS) is 15.2. The number of benzene rings is 1. The van der Waals surface area contributed by atoms with Gasteiger partial charge in [0.25, 0.3) is 0 Å². The van der Waals surface area contributed by atoms with Crippen molar-refractivity contribution in [2.45, 2.75) is 26.2 Å². The highest BCUT2D eigenvalue weighted by molar-refractivity contribution is 5.59. The van der Waals surface area contributed by atoms with Gasteiger partial charge in [0, 0.05) is 24.8 Å². The summed E-state index contributed by atoms with van der Waals surface area (Å²) >= 11 is 0. The first kappa shape index (κ1) is 12.9. The molecule has 2 heterocycles. The summed E-state index contributed by atoms with van der Waals surface area (Å²) in [6.07, 6.45) is 3.84. The second-order valence-corrected chi connectivity index (χ2v) is 5.20. The first-order chi connectivity index (χ1) is 9.81. The van der Waals surface area contributed by atoms with Crippen molar-refractivity contribution in [1.82, 2.24) is 9.97 Å². The molecule has 1 saturated heterocycles. The molecule has 104 valence electrons. The Balaban J connectivity index is 1.82. The van der Waals surface area contributed by atoms with Crippen molar-refractivity contribution in [2.24, 2.45) is 0 Å². The van der Waals surface area contributed by atoms with Gasteiger partial charge in [-0.2, -0.15) is 0 Å². The van der Waals surface area contributed by atoms with Crippen molar-refractivity contribution < 1.29 is 0 Å². The Hall–Kier alpha value is -2.10. The fourth-order valence-corrected chi connectivity index (χ4v) is 2.57. The molecule has 4 nitrogen and oxygen atoms in total. The quantitative estimate of drug-likeness (QED) is 0.924. The van der Waals surface area contributed by atoms with Crippen molar-refractivity contribution >= 4 is 17.3 Å². The smallest absolute Gasteiger partial charge is 0.136 e. The zero-order valence-electron chi connectivity index (χ0n) is 11.8. The Morgan fingerprint density at radius 3 is 2.50 bits per heavy atom. The topological polar surface area (TPSA) is 41.1 Å². The van der Waals surface area contributed by atoms with Crippen LogP contribution in [0.2, 0.25) is 0 Å². The maximum atomic E-state index is 4.57. The lowest BCUT2D eigenvalue weighted by Crippen LogP contribution is -2.30. The van der Waals surface area contributed by atoms with Gasteiger partial charge in [0.05, 0.1) is 0 Å². The van der Waals surface area contributed by atoms with E-state index < -0.39 is 0 Å². The number of hydrogen-bond acceptors (Lipinski definition) is 4. The molecule has 0 amide bonds. The average Bonchev–Trinajstić information content (AvgIpc) is 2.49. The maximum Gasteiger partial charge on any atom is 0.136 e. The minimum Gasteiger partial charge on any atom is -0.356 e. The van der Waals surface area contributed by atoms with E-state index in [-0.39, 0.29) is 0 Å². The molecule has 20 heavy (non-hydrogen) atoms. The lowest BCUT2D eigenvalue weighted by Gasteiger charge is -2.28. The predicted octanol–water partition coefficient (Wildman–Crippen LogP) is 3.52. The van der Waals surface area contributed by atoms with Crippen molar-refractivity contribution in [3.05, 3.63) is 42.2 Å². The summed E-state index contributed by atoms with van der Waals surface area (Å²) < 4.78 is 0. The molecule has 1 fully saturated rings. The van der Waals surface area contributed by atoms with E-state index in [9.17, 15) is 0 Å². The number of anilines is 3. The highest BCUT2D eigenvalue weighted by Gasteiger charge is 2.13. The maximum absolute atomic E-state index is 4.57. The van der Waals surface area contributed by atoms with Crippen LogP contribution in [0.4, 0.5) is 17.3 Å². The molecule has 3 rings (SSSR count). The van der Waals surface area contributed by atoms with E-state index >= 15 is 0 Å². The second-order valence-electron chi connectivity index (χ2n) is 5.20. The predicted molar refractivity (Wildman–Crippen MR) is 82.6 cm³/mol. The summed E-state index contributed by atoms with van der Waals surface area (Å²) in [7, 11) is 0. The highest BCUT2D eigenvalue weighted by Crippen LogP contribution is 2.22. The van der Waals surface area contributed by atoms with Gasteiger partial charge in [-0.25, -0.2) is 9.97 Å². The van der Waals surface area contributed by atoms with Crippen LogP contribution in [0.15, 0.2) is 36.4 Å². The van der Waals surface area contributed by atoms with Crippen LogP contribution in [-0.2, 0) is 0 Å². The number of aromatic nitrogens is 2. The molecular weight excluding hydrogens is 248 g/mol. The van der Waals surface area contributed by atoms with Gasteiger partial charge in [-0.15, -0.1) is 0 Å². The molecule has 0 unspecified atom stereocenters. The Morgan fingerprint density at radius 1 is 1.00 bits per heavy atom. The van der Waals surface area contributed by atoms with E-state index in [2.05, 4.69) is 20.2 Å². The Kier molecular flexibility index (Phi) is 3.81. The standard InChI is InChI=1S/C16H20N4/c1-13-17-15(19-14-8-4-2-5-9-14)12-16(18-13)20-10-6-3-7-11-20/h2,4-5,8-9,12H,3,6-7,10-11H2,1H3,(H,17,18,19). The van der Waals surface area contributed by atoms with Crippen LogP contribution in [0, 0.1) is 6.92 Å². The SMILES string of the molecule is Cc1nc(Nc2ccccc2)cc(N2CCCCC2)n1. The number of hydrogen-bond donors (Lipinski definition) is 1. The average molecular weight is 268 g/mol. The summed E-state index contributed by atoms with van der Waals surface area (Å²) in [4.78, 5) is 11.4. The molecule has 4 heteroatoms. The first-order valence-electron chi connectivity index (χ1n) is 7.24. The molecule has 0 atom stereocenters. The van der Waals surface area contributed by atoms with Crippen molar-refractivity contribution in [3.8, 4) is 0 Å². The largest absolute Gasteiger partial charge is 0.356 e. The highest BCUT2D eigenvalue weighted by atomic mass is 15.2. The van der Waals surface area contributed by atoms with Gasteiger partial charge in [0.15, 0.2) is 0 Å². The van der Waals surface area contributed by atoms with Crippen LogP contribution < -0.4 is 10.2 Å². The number of piperidine rings is 1. The van der Waals surface area contributed by atoms with Crippen LogP contribution >= 0.6 is 0 Å². The molecule has 1 aliphatic rings. The van der Waals surface area contributed by atoms with Gasteiger partial charge in [0.1, 0.15) is 17.5 Å². The minimum atomic E-state index is 0.812. The number of nitrogens with one attached hydrogen (secondary N) is 1. The summed E-state index contributed by atoms with van der Waals surface area (Å²) in [6, 6.07) is 12.2. The van der Waals surface area contributed by atoms with E-state index in [0.717, 1.165) is 36.2 Å². The van der Waals surface area contributed by atoms with Crippen molar-refractivity contribution in [2.75, 3.05) is 23.3 Å². The number of rotatable bonds is 3. The third-order valence-corrected chi connectivity index (χ3v) is 3.55. The van der Waals surface area contributed by atoms with Crippen LogP contribution in [-0.4, -0.2) is 23.1 Å². The van der Waals surface area contributed by atoms with Gasteiger partial charge < -0.3 is 10.2 Å². The molecule has 0 aliphatic carbocycles. The van der Waals surface area contributed by atoms with Crippen molar-refractivity contribution in [1.29, 1.82) is 0 Å². The summed E-state index contributed by atoms with van der Waals surface area (Å²) in [5.41, 5.74) is 1.05. The third kappa shape index (κ3) is 3.07. The van der Waals surface area contributed by atoms with Gasteiger partial charge in [-0.05, 0) is 38.3 Å². The third-order valence-electron chi connectivity index (χ3n) is 3.55. The molecule has 1 aromatic heterocycles. The van der Waals surface area contributed by atoms with E-state index in [1.807, 2.05) is 43.3 Å². The fraction of sp³-hybridized carbons (Fsp3) is 0.375. The van der Waals surface area contributed by atoms with Gasteiger partial charge >= 0.3 is 0 Å². The van der Waals surface area contributed by atoms with E-state index in [1.54, 1.807) is 0 Å². The monoisotopic (exact) mass is 268 g/mol. The Bertz CT molecular complexity index is 562. The van der Waals surface area contributed by atoms with Gasteiger partial charge in [-0.3, -0.25) is 0 Å². The van der Waals surface area contributed by atoms with E-state index in [0.29, 0.717) is 0 Å². The van der Waals surface area contributed by atoms with Crippen LogP contribution in [0.5, 0.6) is 0 Å². The number of nitrogens with zero attached hydrogens (tertiary/aromatic N) is 3. The Labute approximate surface area is 119 Å². The Morgan fingerprint density at radius 2 is 1.75 bits per heavy atom. The molecule has 1 aliphatic heterocycles. The summed E-state index contributed by atoms with van der Waals surface area (Å²) in [6.45, 7) is 4.14. The molecular formula is C16H20N4. The molecule has 0 spiro atoms. The first-order valence-corrected chi connectivity index (χ1v) is 7.24. The van der Waals surface area contributed by atoms with Crippen LogP contribution in [0.1, 0.15) is 25.1 Å². The zero-order chi connectivity index (χ0) is 13.8. The molecule has 0 bridgehead atoms. The number of aryl methyl sites for hydroxylation is 1. The molecule has 0 radical (unpaired) electrons. The number of para-hydroxylation sites is 1. The zero-order valence-corrected chi connectivity index (χ0v) is 11.8. The van der Waals surface area contributed by atoms with Gasteiger partial charge in [0.2, 0.25) is 0 Å². The van der Waals surface area contributed by atoms with E-state index in [1.165, 1.54) is 19.3 Å². The lowest BCUT2D eigenvalue weighted by molar-refractivity contribution is 0.572.